The van der Waals surface area contributed by atoms with Crippen LogP contribution in [0.15, 0.2) is 36.4 Å². The normalized spacial score (nSPS) is 12.5. The summed E-state index contributed by atoms with van der Waals surface area (Å²) in [4.78, 5) is 21.3. The third-order valence-corrected chi connectivity index (χ3v) is 5.51. The van der Waals surface area contributed by atoms with Gasteiger partial charge in [-0.05, 0) is 42.5 Å². The number of halogens is 2. The van der Waals surface area contributed by atoms with Gasteiger partial charge in [-0.25, -0.2) is 18.6 Å². The van der Waals surface area contributed by atoms with Crippen molar-refractivity contribution in [2.24, 2.45) is 0 Å². The lowest BCUT2D eigenvalue weighted by atomic mass is 10.0. The topological polar surface area (TPSA) is 46.4 Å². The molecule has 0 radical (unpaired) electrons. The molecule has 0 saturated heterocycles. The maximum Gasteiger partial charge on any atom is 0.263 e. The van der Waals surface area contributed by atoms with Crippen molar-refractivity contribution in [3.8, 4) is 10.4 Å². The van der Waals surface area contributed by atoms with Crippen LogP contribution in [0.4, 0.5) is 19.6 Å². The summed E-state index contributed by atoms with van der Waals surface area (Å²) < 4.78 is 27.6. The van der Waals surface area contributed by atoms with Gasteiger partial charge < -0.3 is 0 Å². The zero-order valence-electron chi connectivity index (χ0n) is 14.1. The number of amides is 1. The third kappa shape index (κ3) is 3.09. The second kappa shape index (κ2) is 6.89. The molecule has 0 saturated carbocycles. The Kier molecular flexibility index (Phi) is 4.42. The lowest BCUT2D eigenvalue weighted by molar-refractivity contribution is 0.101. The number of aromatic nitrogens is 1. The fourth-order valence-corrected chi connectivity index (χ4v) is 4.31. The van der Waals surface area contributed by atoms with Crippen molar-refractivity contribution < 1.29 is 13.6 Å². The van der Waals surface area contributed by atoms with E-state index >= 15 is 0 Å². The van der Waals surface area contributed by atoms with Crippen LogP contribution in [0.5, 0.6) is 0 Å². The molecule has 1 heterocycles. The highest BCUT2D eigenvalue weighted by atomic mass is 32.1. The van der Waals surface area contributed by atoms with Gasteiger partial charge in [0.25, 0.3) is 5.91 Å². The van der Waals surface area contributed by atoms with Crippen LogP contribution in [0.2, 0.25) is 0 Å². The van der Waals surface area contributed by atoms with Crippen molar-refractivity contribution >= 4 is 28.1 Å². The molecule has 1 amide bonds. The van der Waals surface area contributed by atoms with Crippen molar-refractivity contribution in [2.45, 2.75) is 19.3 Å². The Morgan fingerprint density at radius 3 is 2.63 bits per heavy atom. The molecule has 0 fully saturated rings. The molecule has 0 atom stereocenters. The van der Waals surface area contributed by atoms with Crippen LogP contribution in [0.25, 0.3) is 15.3 Å². The third-order valence-electron chi connectivity index (χ3n) is 4.46. The van der Waals surface area contributed by atoms with E-state index in [1.165, 1.54) is 17.4 Å². The van der Waals surface area contributed by atoms with E-state index in [1.54, 1.807) is 6.07 Å². The summed E-state index contributed by atoms with van der Waals surface area (Å²) in [6, 6.07) is 8.84. The molecule has 4 rings (SSSR count). The zero-order valence-corrected chi connectivity index (χ0v) is 14.9. The first kappa shape index (κ1) is 17.3. The van der Waals surface area contributed by atoms with Gasteiger partial charge in [-0.15, -0.1) is 0 Å². The minimum Gasteiger partial charge on any atom is -0.298 e. The molecule has 1 aliphatic carbocycles. The molecule has 4 nitrogen and oxygen atoms in total. The highest BCUT2D eigenvalue weighted by molar-refractivity contribution is 7.19. The summed E-state index contributed by atoms with van der Waals surface area (Å²) in [5, 5.41) is 2.79. The number of nitrogens with one attached hydrogen (secondary N) is 1. The fraction of sp³-hybridized carbons (Fsp3) is 0.150. The summed E-state index contributed by atoms with van der Waals surface area (Å²) in [7, 11) is 0. The first-order valence-corrected chi connectivity index (χ1v) is 9.15. The van der Waals surface area contributed by atoms with Crippen molar-refractivity contribution in [2.75, 3.05) is 5.32 Å². The van der Waals surface area contributed by atoms with E-state index < -0.39 is 23.1 Å². The Bertz CT molecular complexity index is 1080. The second-order valence-electron chi connectivity index (χ2n) is 6.11. The Labute approximate surface area is 158 Å². The van der Waals surface area contributed by atoms with E-state index in [0.717, 1.165) is 46.7 Å². The largest absolute Gasteiger partial charge is 0.298 e. The summed E-state index contributed by atoms with van der Waals surface area (Å²) in [5.74, 6) is -2.71. The van der Waals surface area contributed by atoms with Gasteiger partial charge in [0.1, 0.15) is 17.2 Å². The molecule has 1 aliphatic rings. The number of thiazole rings is 1. The van der Waals surface area contributed by atoms with Gasteiger partial charge in [-0.1, -0.05) is 35.6 Å². The summed E-state index contributed by atoms with van der Waals surface area (Å²) >= 11 is 1.25. The van der Waals surface area contributed by atoms with E-state index in [0.29, 0.717) is 12.1 Å². The quantitative estimate of drug-likeness (QED) is 0.606. The minimum absolute atomic E-state index is 0.286. The van der Waals surface area contributed by atoms with Crippen LogP contribution < -0.4 is 5.32 Å². The highest BCUT2D eigenvalue weighted by Crippen LogP contribution is 2.41. The van der Waals surface area contributed by atoms with Crippen LogP contribution in [0, 0.1) is 18.2 Å². The number of hydrogen-bond donors (Lipinski definition) is 1. The number of fused-ring (bicyclic) bond motifs is 3. The molecule has 7 heteroatoms. The first-order chi connectivity index (χ1) is 13.1. The van der Waals surface area contributed by atoms with E-state index in [9.17, 15) is 13.6 Å². The Morgan fingerprint density at radius 1 is 1.15 bits per heavy atom. The van der Waals surface area contributed by atoms with Gasteiger partial charge in [0, 0.05) is 0 Å². The van der Waals surface area contributed by atoms with E-state index in [2.05, 4.69) is 15.1 Å². The molecule has 3 aromatic rings. The number of anilines is 1. The Balaban J connectivity index is 1.71. The maximum absolute atomic E-state index is 13.8. The number of carbonyl (C=O) groups is 1. The van der Waals surface area contributed by atoms with E-state index in [-0.39, 0.29) is 5.13 Å². The highest BCUT2D eigenvalue weighted by Gasteiger charge is 2.23. The van der Waals surface area contributed by atoms with Gasteiger partial charge in [-0.3, -0.25) is 10.1 Å². The van der Waals surface area contributed by atoms with Crippen LogP contribution in [-0.2, 0) is 12.8 Å². The molecular formula is C20H13F2N3OS. The smallest absolute Gasteiger partial charge is 0.263 e. The SMILES string of the molecule is [C-]#[N+]c1cccc2c1CCCc1nc(NC(=O)c3c(F)cccc3F)sc1-2. The number of carbonyl (C=O) groups excluding carboxylic acids is 1. The summed E-state index contributed by atoms with van der Waals surface area (Å²) in [6.45, 7) is 7.36. The molecule has 134 valence electrons. The molecular weight excluding hydrogens is 368 g/mol. The summed E-state index contributed by atoms with van der Waals surface area (Å²) in [6.07, 6.45) is 2.34. The molecule has 2 aromatic carbocycles. The molecule has 1 N–H and O–H groups in total. The van der Waals surface area contributed by atoms with Crippen LogP contribution in [0.3, 0.4) is 0 Å². The number of hydrogen-bond acceptors (Lipinski definition) is 3. The second-order valence-corrected chi connectivity index (χ2v) is 7.11. The molecule has 0 spiro atoms. The lowest BCUT2D eigenvalue weighted by Crippen LogP contribution is -2.15. The molecule has 27 heavy (non-hydrogen) atoms. The Hall–Kier alpha value is -3.11. The Morgan fingerprint density at radius 2 is 1.89 bits per heavy atom. The zero-order chi connectivity index (χ0) is 19.0. The van der Waals surface area contributed by atoms with Crippen LogP contribution in [-0.4, -0.2) is 10.9 Å². The first-order valence-electron chi connectivity index (χ1n) is 8.33. The minimum atomic E-state index is -0.919. The average molecular weight is 381 g/mol. The number of benzene rings is 2. The number of nitrogens with zero attached hydrogens (tertiary/aromatic N) is 2. The fourth-order valence-electron chi connectivity index (χ4n) is 3.25. The predicted octanol–water partition coefficient (Wildman–Crippen LogP) is 5.38. The van der Waals surface area contributed by atoms with Crippen molar-refractivity contribution in [1.82, 2.24) is 4.98 Å². The lowest BCUT2D eigenvalue weighted by Gasteiger charge is -2.07. The van der Waals surface area contributed by atoms with Crippen molar-refractivity contribution in [3.05, 3.63) is 76.3 Å². The predicted molar refractivity (Wildman–Crippen MR) is 100 cm³/mol. The number of aryl methyl sites for hydroxylation is 1. The van der Waals surface area contributed by atoms with E-state index in [4.69, 9.17) is 6.57 Å². The van der Waals surface area contributed by atoms with Gasteiger partial charge in [0.2, 0.25) is 0 Å². The monoisotopic (exact) mass is 381 g/mol. The standard InChI is InChI=1S/C20H13F2N3OS/c1-23-15-9-3-6-12-11(15)5-2-10-16-18(12)27-20(24-16)25-19(26)17-13(21)7-4-8-14(17)22/h3-4,6-9H,2,5,10H2,(H,24,25,26). The van der Waals surface area contributed by atoms with Crippen LogP contribution in [0.1, 0.15) is 28.0 Å². The maximum atomic E-state index is 13.8. The van der Waals surface area contributed by atoms with Crippen molar-refractivity contribution in [1.29, 1.82) is 0 Å². The van der Waals surface area contributed by atoms with Gasteiger partial charge in [0.05, 0.1) is 17.1 Å². The van der Waals surface area contributed by atoms with Gasteiger partial charge in [-0.2, -0.15) is 0 Å². The molecule has 0 bridgehead atoms. The van der Waals surface area contributed by atoms with Gasteiger partial charge >= 0.3 is 0 Å². The molecule has 0 aliphatic heterocycles. The average Bonchev–Trinajstić information content (AvgIpc) is 2.95. The van der Waals surface area contributed by atoms with Crippen LogP contribution >= 0.6 is 11.3 Å². The van der Waals surface area contributed by atoms with Crippen molar-refractivity contribution in [3.63, 3.8) is 0 Å². The number of rotatable bonds is 2. The van der Waals surface area contributed by atoms with E-state index in [1.807, 2.05) is 12.1 Å². The summed E-state index contributed by atoms with van der Waals surface area (Å²) in [5.41, 5.74) is 2.73. The molecule has 0 unspecified atom stereocenters. The van der Waals surface area contributed by atoms with Gasteiger partial charge in [0.15, 0.2) is 10.8 Å². The molecule has 1 aromatic heterocycles.